The van der Waals surface area contributed by atoms with E-state index in [2.05, 4.69) is 16.0 Å². The Morgan fingerprint density at radius 3 is 2.46 bits per heavy atom. The van der Waals surface area contributed by atoms with Gasteiger partial charge in [-0.15, -0.1) is 0 Å². The molecule has 14 nitrogen and oxygen atoms in total. The number of carboxylic acids is 1. The number of unbranched alkanes of at least 4 members (excludes halogenated alkanes) is 1. The molecule has 1 heterocycles. The van der Waals surface area contributed by atoms with Gasteiger partial charge < -0.3 is 26.8 Å². The standard InChI is InChI=1S/C31H40N6O8S/c1-2-3-11-28(39)35-22-16-20(17-27(32)33)15-21(18-22)29(40)34-19-23(38)12-13-25(31(42)43)36-30(41)26-10-7-14-37(26)46(44,45)24-8-5-4-6-9-24/h4-6,8-9,15-16,18,25-26H,2-3,7,10-14,17,19H2,1H3,(H3,32,33)(H,34,40)(H,35,39)(H,36,41)(H,42,43)/t25-,26-/m0/s1. The van der Waals surface area contributed by atoms with Crippen molar-refractivity contribution in [3.63, 3.8) is 0 Å². The first-order valence-corrected chi connectivity index (χ1v) is 16.4. The van der Waals surface area contributed by atoms with Gasteiger partial charge in [-0.05, 0) is 61.6 Å². The van der Waals surface area contributed by atoms with Crippen LogP contribution in [0.2, 0.25) is 0 Å². The van der Waals surface area contributed by atoms with Gasteiger partial charge >= 0.3 is 5.97 Å². The van der Waals surface area contributed by atoms with Gasteiger partial charge in [-0.3, -0.25) is 24.6 Å². The van der Waals surface area contributed by atoms with Gasteiger partial charge in [0.25, 0.3) is 5.91 Å². The number of Topliss-reactive ketones (excluding diaryl/α,β-unsaturated/α-hetero) is 1. The number of nitrogens with two attached hydrogens (primary N) is 1. The van der Waals surface area contributed by atoms with E-state index in [1.165, 1.54) is 24.3 Å². The molecular weight excluding hydrogens is 616 g/mol. The quantitative estimate of drug-likeness (QED) is 0.108. The highest BCUT2D eigenvalue weighted by Crippen LogP contribution is 2.26. The van der Waals surface area contributed by atoms with E-state index in [0.29, 0.717) is 30.5 Å². The predicted octanol–water partition coefficient (Wildman–Crippen LogP) is 1.80. The van der Waals surface area contributed by atoms with Crippen molar-refractivity contribution < 1.29 is 37.5 Å². The van der Waals surface area contributed by atoms with Crippen LogP contribution in [0.15, 0.2) is 53.4 Å². The number of rotatable bonds is 17. The summed E-state index contributed by atoms with van der Waals surface area (Å²) in [6.07, 6.45) is 1.92. The topological polar surface area (TPSA) is 229 Å². The van der Waals surface area contributed by atoms with Crippen molar-refractivity contribution in [1.82, 2.24) is 14.9 Å². The molecule has 0 aliphatic carbocycles. The van der Waals surface area contributed by atoms with E-state index in [-0.39, 0.29) is 54.4 Å². The number of carboxylic acid groups (broad SMARTS) is 1. The third-order valence-electron chi connectivity index (χ3n) is 7.32. The third kappa shape index (κ3) is 10.2. The van der Waals surface area contributed by atoms with Crippen LogP contribution in [0.4, 0.5) is 5.69 Å². The first-order chi connectivity index (χ1) is 21.8. The Morgan fingerprint density at radius 1 is 1.09 bits per heavy atom. The lowest BCUT2D eigenvalue weighted by Crippen LogP contribution is -2.51. The highest BCUT2D eigenvalue weighted by atomic mass is 32.2. The summed E-state index contributed by atoms with van der Waals surface area (Å²) in [5.74, 6) is -3.68. The first-order valence-electron chi connectivity index (χ1n) is 15.0. The summed E-state index contributed by atoms with van der Waals surface area (Å²) in [4.78, 5) is 62.7. The van der Waals surface area contributed by atoms with Crippen LogP contribution in [0.25, 0.3) is 0 Å². The number of ketones is 1. The second-order valence-electron chi connectivity index (χ2n) is 11.0. The molecule has 0 bridgehead atoms. The van der Waals surface area contributed by atoms with Crippen LogP contribution in [-0.2, 0) is 35.6 Å². The van der Waals surface area contributed by atoms with Gasteiger partial charge in [0.2, 0.25) is 21.8 Å². The molecule has 2 atom stereocenters. The minimum Gasteiger partial charge on any atom is -0.480 e. The van der Waals surface area contributed by atoms with E-state index in [1.807, 2.05) is 6.92 Å². The van der Waals surface area contributed by atoms with Gasteiger partial charge in [-0.2, -0.15) is 4.31 Å². The first kappa shape index (κ1) is 35.8. The second kappa shape index (κ2) is 16.6. The van der Waals surface area contributed by atoms with Crippen LogP contribution in [-0.4, -0.2) is 78.3 Å². The van der Waals surface area contributed by atoms with Gasteiger partial charge in [-0.1, -0.05) is 31.5 Å². The average molecular weight is 657 g/mol. The lowest BCUT2D eigenvalue weighted by atomic mass is 10.0. The van der Waals surface area contributed by atoms with Crippen molar-refractivity contribution in [2.45, 2.75) is 75.3 Å². The van der Waals surface area contributed by atoms with E-state index < -0.39 is 52.2 Å². The van der Waals surface area contributed by atoms with E-state index >= 15 is 0 Å². The Kier molecular flexibility index (Phi) is 12.9. The van der Waals surface area contributed by atoms with Crippen molar-refractivity contribution >= 4 is 51.0 Å². The highest BCUT2D eigenvalue weighted by Gasteiger charge is 2.40. The van der Waals surface area contributed by atoms with E-state index in [0.717, 1.165) is 10.7 Å². The van der Waals surface area contributed by atoms with Gasteiger partial charge in [0.1, 0.15) is 12.1 Å². The van der Waals surface area contributed by atoms with Gasteiger partial charge in [0.05, 0.1) is 17.3 Å². The molecule has 2 aromatic carbocycles. The van der Waals surface area contributed by atoms with Gasteiger partial charge in [0, 0.05) is 37.1 Å². The molecule has 0 spiro atoms. The van der Waals surface area contributed by atoms with Crippen LogP contribution in [0.5, 0.6) is 0 Å². The summed E-state index contributed by atoms with van der Waals surface area (Å²) in [6, 6.07) is 9.61. The number of carbonyl (C=O) groups is 5. The number of sulfonamides is 1. The number of nitrogens with one attached hydrogen (secondary N) is 4. The largest absolute Gasteiger partial charge is 0.480 e. The Hall–Kier alpha value is -4.63. The lowest BCUT2D eigenvalue weighted by molar-refractivity contribution is -0.142. The normalized spacial score (nSPS) is 15.5. The van der Waals surface area contributed by atoms with Crippen molar-refractivity contribution in [3.05, 3.63) is 59.7 Å². The van der Waals surface area contributed by atoms with E-state index in [9.17, 15) is 37.5 Å². The Morgan fingerprint density at radius 2 is 1.80 bits per heavy atom. The zero-order valence-electron chi connectivity index (χ0n) is 25.6. The van der Waals surface area contributed by atoms with Crippen molar-refractivity contribution in [2.24, 2.45) is 5.73 Å². The molecule has 46 heavy (non-hydrogen) atoms. The highest BCUT2D eigenvalue weighted by molar-refractivity contribution is 7.89. The molecule has 7 N–H and O–H groups in total. The number of amidine groups is 1. The third-order valence-corrected chi connectivity index (χ3v) is 9.24. The van der Waals surface area contributed by atoms with Crippen molar-refractivity contribution in [3.8, 4) is 0 Å². The molecule has 15 heteroatoms. The summed E-state index contributed by atoms with van der Waals surface area (Å²) in [6.45, 7) is 1.63. The lowest BCUT2D eigenvalue weighted by Gasteiger charge is -2.25. The Balaban J connectivity index is 1.58. The Labute approximate surface area is 267 Å². The molecule has 0 radical (unpaired) electrons. The zero-order chi connectivity index (χ0) is 33.9. The smallest absolute Gasteiger partial charge is 0.326 e. The van der Waals surface area contributed by atoms with Crippen molar-refractivity contribution in [2.75, 3.05) is 18.4 Å². The fraction of sp³-hybridized carbons (Fsp3) is 0.419. The molecule has 2 aromatic rings. The number of hydrogen-bond donors (Lipinski definition) is 6. The summed E-state index contributed by atoms with van der Waals surface area (Å²) in [7, 11) is -3.98. The van der Waals surface area contributed by atoms with Gasteiger partial charge in [0.15, 0.2) is 5.78 Å². The van der Waals surface area contributed by atoms with Crippen molar-refractivity contribution in [1.29, 1.82) is 5.41 Å². The zero-order valence-corrected chi connectivity index (χ0v) is 26.4. The molecule has 3 amide bonds. The van der Waals surface area contributed by atoms with E-state index in [1.54, 1.807) is 24.3 Å². The van der Waals surface area contributed by atoms with Gasteiger partial charge in [-0.25, -0.2) is 13.2 Å². The molecule has 1 aliphatic heterocycles. The number of aliphatic carboxylic acids is 1. The van der Waals surface area contributed by atoms with Crippen LogP contribution in [0.3, 0.4) is 0 Å². The summed E-state index contributed by atoms with van der Waals surface area (Å²) < 4.78 is 27.3. The summed E-state index contributed by atoms with van der Waals surface area (Å²) >= 11 is 0. The Bertz CT molecular complexity index is 1560. The molecule has 3 rings (SSSR count). The fourth-order valence-corrected chi connectivity index (χ4v) is 6.67. The van der Waals surface area contributed by atoms with Crippen LogP contribution in [0.1, 0.15) is 67.8 Å². The maximum atomic E-state index is 13.1. The number of amides is 3. The average Bonchev–Trinajstić information content (AvgIpc) is 3.52. The predicted molar refractivity (Wildman–Crippen MR) is 170 cm³/mol. The maximum absolute atomic E-state index is 13.1. The SMILES string of the molecule is CCCCC(=O)Nc1cc(CC(=N)N)cc(C(=O)NCC(=O)CC[C@H](NC(=O)[C@@H]2CCCN2S(=O)(=O)c2ccccc2)C(=O)O)c1. The van der Waals surface area contributed by atoms with Crippen LogP contribution >= 0.6 is 0 Å². The maximum Gasteiger partial charge on any atom is 0.326 e. The second-order valence-corrected chi connectivity index (χ2v) is 12.9. The number of hydrogen-bond acceptors (Lipinski definition) is 8. The number of anilines is 1. The minimum absolute atomic E-state index is 0.0238. The number of benzene rings is 2. The number of carbonyl (C=O) groups excluding carboxylic acids is 4. The molecule has 1 saturated heterocycles. The molecule has 1 aliphatic rings. The minimum atomic E-state index is -3.98. The molecule has 0 saturated carbocycles. The summed E-state index contributed by atoms with van der Waals surface area (Å²) in [5, 5.41) is 24.8. The van der Waals surface area contributed by atoms with Crippen LogP contribution in [0, 0.1) is 5.41 Å². The monoisotopic (exact) mass is 656 g/mol. The molecule has 0 unspecified atom stereocenters. The molecule has 248 valence electrons. The summed E-state index contributed by atoms with van der Waals surface area (Å²) in [5.41, 5.74) is 6.49. The van der Waals surface area contributed by atoms with E-state index in [4.69, 9.17) is 11.1 Å². The molecular formula is C31H40N6O8S. The molecule has 0 aromatic heterocycles. The number of nitrogens with zero attached hydrogens (tertiary/aromatic N) is 1. The molecule has 1 fully saturated rings. The fourth-order valence-electron chi connectivity index (χ4n) is 5.00. The van der Waals surface area contributed by atoms with Crippen LogP contribution < -0.4 is 21.7 Å².